The summed E-state index contributed by atoms with van der Waals surface area (Å²) < 4.78 is 6.06. The molecule has 6 heteroatoms. The molecule has 1 atom stereocenters. The van der Waals surface area contributed by atoms with Gasteiger partial charge in [-0.2, -0.15) is 0 Å². The molecule has 0 amide bonds. The monoisotopic (exact) mass is 326 g/mol. The Morgan fingerprint density at radius 1 is 1.17 bits per heavy atom. The molecule has 92 valence electrons. The zero-order chi connectivity index (χ0) is 12.7. The topological polar surface area (TPSA) is 61.8 Å². The highest BCUT2D eigenvalue weighted by Gasteiger charge is 2.15. The van der Waals surface area contributed by atoms with Crippen LogP contribution in [-0.2, 0) is 0 Å². The van der Waals surface area contributed by atoms with E-state index in [2.05, 4.69) is 25.9 Å². The van der Waals surface area contributed by atoms with E-state index in [0.717, 1.165) is 16.6 Å². The fraction of sp³-hybridized carbons (Fsp3) is 0.0833. The summed E-state index contributed by atoms with van der Waals surface area (Å²) in [6.45, 7) is 0. The van der Waals surface area contributed by atoms with Crippen molar-refractivity contribution in [3.8, 4) is 0 Å². The number of aromatic nitrogens is 2. The second-order valence-electron chi connectivity index (χ2n) is 3.89. The number of furan rings is 1. The van der Waals surface area contributed by atoms with Gasteiger partial charge in [0.25, 0.3) is 0 Å². The van der Waals surface area contributed by atoms with Gasteiger partial charge in [-0.3, -0.25) is 0 Å². The maximum Gasteiger partial charge on any atom is 0.323 e. The number of benzene rings is 1. The Morgan fingerprint density at radius 3 is 2.67 bits per heavy atom. The van der Waals surface area contributed by atoms with Gasteiger partial charge in [-0.15, -0.1) is 11.6 Å². The van der Waals surface area contributed by atoms with E-state index in [1.165, 1.54) is 0 Å². The molecule has 2 heterocycles. The molecule has 0 aliphatic rings. The van der Waals surface area contributed by atoms with Crippen molar-refractivity contribution in [2.75, 3.05) is 0 Å². The molecule has 0 radical (unpaired) electrons. The molecule has 2 N–H and O–H groups in total. The molecule has 4 nitrogen and oxygen atoms in total. The van der Waals surface area contributed by atoms with Gasteiger partial charge >= 0.3 is 5.69 Å². The first-order valence-electron chi connectivity index (χ1n) is 5.25. The molecule has 0 aliphatic carbocycles. The summed E-state index contributed by atoms with van der Waals surface area (Å²) in [5, 5.41) is -0.390. The Kier molecular flexibility index (Phi) is 2.80. The molecule has 1 unspecified atom stereocenters. The van der Waals surface area contributed by atoms with Crippen LogP contribution in [0, 0.1) is 0 Å². The highest BCUT2D eigenvalue weighted by Crippen LogP contribution is 2.32. The third kappa shape index (κ3) is 2.00. The maximum atomic E-state index is 11.2. The highest BCUT2D eigenvalue weighted by atomic mass is 79.9. The van der Waals surface area contributed by atoms with Gasteiger partial charge in [0, 0.05) is 0 Å². The molecule has 0 fully saturated rings. The van der Waals surface area contributed by atoms with Crippen molar-refractivity contribution >= 4 is 38.6 Å². The van der Waals surface area contributed by atoms with Crippen molar-refractivity contribution in [1.29, 1.82) is 0 Å². The Balaban J connectivity index is 2.05. The smallest absolute Gasteiger partial charge is 0.323 e. The maximum absolute atomic E-state index is 11.2. The van der Waals surface area contributed by atoms with Crippen LogP contribution in [0.3, 0.4) is 0 Å². The van der Waals surface area contributed by atoms with Crippen LogP contribution in [0.15, 0.2) is 44.2 Å². The SMILES string of the molecule is O=c1[nH]c2ccc(C(Cl)c3ccc(Br)o3)cc2[nH]1. The molecule has 3 aromatic rings. The standard InChI is InChI=1S/C12H8BrClN2O2/c13-10-4-3-9(18-10)11(14)6-1-2-7-8(5-6)16-12(17)15-7/h1-5,11H,(H2,15,16,17). The summed E-state index contributed by atoms with van der Waals surface area (Å²) in [6, 6.07) is 9.12. The lowest BCUT2D eigenvalue weighted by Crippen LogP contribution is -1.99. The lowest BCUT2D eigenvalue weighted by Gasteiger charge is -2.06. The summed E-state index contributed by atoms with van der Waals surface area (Å²) in [6.07, 6.45) is 0. The summed E-state index contributed by atoms with van der Waals surface area (Å²) in [4.78, 5) is 16.6. The van der Waals surface area contributed by atoms with Crippen LogP contribution < -0.4 is 5.69 Å². The van der Waals surface area contributed by atoms with Gasteiger partial charge in [-0.05, 0) is 45.8 Å². The molecule has 3 rings (SSSR count). The van der Waals surface area contributed by atoms with Crippen LogP contribution in [0.5, 0.6) is 0 Å². The van der Waals surface area contributed by atoms with E-state index >= 15 is 0 Å². The number of nitrogens with one attached hydrogen (secondary N) is 2. The largest absolute Gasteiger partial charge is 0.452 e. The van der Waals surface area contributed by atoms with E-state index in [-0.39, 0.29) is 11.1 Å². The molecule has 0 spiro atoms. The summed E-state index contributed by atoms with van der Waals surface area (Å²) >= 11 is 9.57. The molecule has 18 heavy (non-hydrogen) atoms. The van der Waals surface area contributed by atoms with Gasteiger partial charge in [0.05, 0.1) is 11.0 Å². The number of halogens is 2. The zero-order valence-electron chi connectivity index (χ0n) is 9.04. The van der Waals surface area contributed by atoms with Gasteiger partial charge in [-0.1, -0.05) is 6.07 Å². The van der Waals surface area contributed by atoms with E-state index in [4.69, 9.17) is 16.0 Å². The Labute approximate surface area is 115 Å². The lowest BCUT2D eigenvalue weighted by atomic mass is 10.1. The predicted octanol–water partition coefficient (Wildman–Crippen LogP) is 3.54. The molecule has 0 aliphatic heterocycles. The van der Waals surface area contributed by atoms with E-state index in [9.17, 15) is 4.79 Å². The first-order valence-corrected chi connectivity index (χ1v) is 6.48. The third-order valence-corrected chi connectivity index (χ3v) is 3.57. The second-order valence-corrected chi connectivity index (χ2v) is 5.11. The molecule has 2 aromatic heterocycles. The van der Waals surface area contributed by atoms with Crippen molar-refractivity contribution in [2.24, 2.45) is 0 Å². The number of hydrogen-bond acceptors (Lipinski definition) is 2. The second kappa shape index (κ2) is 4.33. The van der Waals surface area contributed by atoms with Crippen molar-refractivity contribution in [3.63, 3.8) is 0 Å². The Hall–Kier alpha value is -1.46. The van der Waals surface area contributed by atoms with Crippen molar-refractivity contribution in [1.82, 2.24) is 9.97 Å². The Bertz CT molecular complexity index is 759. The first kappa shape index (κ1) is 11.6. The van der Waals surface area contributed by atoms with E-state index < -0.39 is 0 Å². The minimum atomic E-state index is -0.390. The molecule has 0 bridgehead atoms. The number of H-pyrrole nitrogens is 2. The number of aromatic amines is 2. The zero-order valence-corrected chi connectivity index (χ0v) is 11.4. The number of fused-ring (bicyclic) bond motifs is 1. The fourth-order valence-corrected chi connectivity index (χ4v) is 2.41. The first-order chi connectivity index (χ1) is 8.63. The number of alkyl halides is 1. The molecular formula is C12H8BrClN2O2. The van der Waals surface area contributed by atoms with Crippen LogP contribution in [0.1, 0.15) is 16.7 Å². The number of hydrogen-bond donors (Lipinski definition) is 2. The summed E-state index contributed by atoms with van der Waals surface area (Å²) in [5.74, 6) is 0.653. The minimum Gasteiger partial charge on any atom is -0.452 e. The van der Waals surface area contributed by atoms with Gasteiger partial charge < -0.3 is 14.4 Å². The quantitative estimate of drug-likeness (QED) is 0.707. The van der Waals surface area contributed by atoms with E-state index in [0.29, 0.717) is 10.4 Å². The third-order valence-electron chi connectivity index (χ3n) is 2.68. The summed E-state index contributed by atoms with van der Waals surface area (Å²) in [7, 11) is 0. The van der Waals surface area contributed by atoms with Gasteiger partial charge in [0.1, 0.15) is 11.1 Å². The van der Waals surface area contributed by atoms with Crippen molar-refractivity contribution in [2.45, 2.75) is 5.38 Å². The average Bonchev–Trinajstić information content (AvgIpc) is 2.92. The van der Waals surface area contributed by atoms with Crippen LogP contribution in [0.2, 0.25) is 0 Å². The van der Waals surface area contributed by atoms with Crippen LogP contribution in [0.25, 0.3) is 11.0 Å². The number of imidazole rings is 1. The van der Waals surface area contributed by atoms with E-state index in [1.54, 1.807) is 6.07 Å². The van der Waals surface area contributed by atoms with Gasteiger partial charge in [0.2, 0.25) is 0 Å². The number of rotatable bonds is 2. The molecular weight excluding hydrogens is 320 g/mol. The van der Waals surface area contributed by atoms with Gasteiger partial charge in [0.15, 0.2) is 4.67 Å². The van der Waals surface area contributed by atoms with E-state index in [1.807, 2.05) is 24.3 Å². The summed E-state index contributed by atoms with van der Waals surface area (Å²) in [5.41, 5.74) is 2.12. The van der Waals surface area contributed by atoms with Crippen molar-refractivity contribution < 1.29 is 4.42 Å². The highest BCUT2D eigenvalue weighted by molar-refractivity contribution is 9.10. The molecule has 1 aromatic carbocycles. The normalized spacial score (nSPS) is 13.0. The lowest BCUT2D eigenvalue weighted by molar-refractivity contribution is 0.494. The van der Waals surface area contributed by atoms with Crippen molar-refractivity contribution in [3.05, 3.63) is 56.8 Å². The van der Waals surface area contributed by atoms with Crippen LogP contribution >= 0.6 is 27.5 Å². The average molecular weight is 328 g/mol. The van der Waals surface area contributed by atoms with Gasteiger partial charge in [-0.25, -0.2) is 4.79 Å². The fourth-order valence-electron chi connectivity index (χ4n) is 1.84. The minimum absolute atomic E-state index is 0.228. The predicted molar refractivity (Wildman–Crippen MR) is 73.0 cm³/mol. The molecule has 0 saturated heterocycles. The Morgan fingerprint density at radius 2 is 1.94 bits per heavy atom. The molecule has 0 saturated carbocycles. The van der Waals surface area contributed by atoms with Crippen LogP contribution in [0.4, 0.5) is 0 Å². The van der Waals surface area contributed by atoms with Crippen LogP contribution in [-0.4, -0.2) is 9.97 Å².